The Bertz CT molecular complexity index is 664. The van der Waals surface area contributed by atoms with E-state index in [0.717, 1.165) is 49.9 Å². The van der Waals surface area contributed by atoms with Gasteiger partial charge in [-0.1, -0.05) is 57.9 Å². The third-order valence-corrected chi connectivity index (χ3v) is 5.42. The molecule has 0 spiro atoms. The molecule has 6 nitrogen and oxygen atoms in total. The second-order valence-corrected chi connectivity index (χ2v) is 8.14. The highest BCUT2D eigenvalue weighted by atomic mass is 32.1. The van der Waals surface area contributed by atoms with Gasteiger partial charge in [0.25, 0.3) is 0 Å². The van der Waals surface area contributed by atoms with Crippen molar-refractivity contribution in [3.05, 3.63) is 34.0 Å². The number of ether oxygens (including phenoxy) is 2. The van der Waals surface area contributed by atoms with Crippen LogP contribution in [0, 0.1) is 0 Å². The fourth-order valence-corrected chi connectivity index (χ4v) is 3.44. The second-order valence-electron chi connectivity index (χ2n) is 7.06. The monoisotopic (exact) mass is 424 g/mol. The summed E-state index contributed by atoms with van der Waals surface area (Å²) in [6.45, 7) is 6.04. The van der Waals surface area contributed by atoms with Gasteiger partial charge in [-0.15, -0.1) is 11.3 Å². The molecule has 0 aliphatic carbocycles. The van der Waals surface area contributed by atoms with Gasteiger partial charge in [-0.2, -0.15) is 0 Å². The van der Waals surface area contributed by atoms with Crippen molar-refractivity contribution in [2.45, 2.75) is 71.1 Å². The molecule has 0 unspecified atom stereocenters. The van der Waals surface area contributed by atoms with E-state index in [9.17, 15) is 14.4 Å². The Kier molecular flexibility index (Phi) is 12.7. The van der Waals surface area contributed by atoms with Crippen LogP contribution in [0.2, 0.25) is 0 Å². The van der Waals surface area contributed by atoms with E-state index in [-0.39, 0.29) is 10.8 Å². The Morgan fingerprint density at radius 2 is 1.28 bits per heavy atom. The summed E-state index contributed by atoms with van der Waals surface area (Å²) in [7, 11) is 0. The van der Waals surface area contributed by atoms with Crippen LogP contribution in [-0.2, 0) is 14.3 Å². The average molecular weight is 425 g/mol. The summed E-state index contributed by atoms with van der Waals surface area (Å²) in [5, 5.41) is 8.85. The summed E-state index contributed by atoms with van der Waals surface area (Å²) in [4.78, 5) is 34.3. The molecule has 0 aromatic carbocycles. The maximum atomic E-state index is 11.8. The fraction of sp³-hybridized carbons (Fsp3) is 0.591. The van der Waals surface area contributed by atoms with Gasteiger partial charge in [0, 0.05) is 5.57 Å². The molecule has 1 rings (SSSR count). The zero-order valence-corrected chi connectivity index (χ0v) is 18.1. The maximum absolute atomic E-state index is 11.8. The predicted molar refractivity (Wildman–Crippen MR) is 114 cm³/mol. The summed E-state index contributed by atoms with van der Waals surface area (Å²) in [5.74, 6) is -1.78. The van der Waals surface area contributed by atoms with Crippen molar-refractivity contribution < 1.29 is 29.0 Å². The number of carbonyl (C=O) groups excluding carboxylic acids is 2. The van der Waals surface area contributed by atoms with Crippen LogP contribution >= 0.6 is 11.3 Å². The smallest absolute Gasteiger partial charge is 0.348 e. The summed E-state index contributed by atoms with van der Waals surface area (Å²) >= 11 is 0.937. The number of carboxylic acids is 1. The van der Waals surface area contributed by atoms with Crippen molar-refractivity contribution in [1.29, 1.82) is 0 Å². The number of aromatic carboxylic acids is 1. The van der Waals surface area contributed by atoms with Crippen LogP contribution in [0.5, 0.6) is 0 Å². The van der Waals surface area contributed by atoms with E-state index in [0.29, 0.717) is 23.7 Å². The lowest BCUT2D eigenvalue weighted by atomic mass is 10.1. The summed E-state index contributed by atoms with van der Waals surface area (Å²) in [6, 6.07) is 2.91. The predicted octanol–water partition coefficient (Wildman–Crippen LogP) is 5.62. The topological polar surface area (TPSA) is 89.9 Å². The normalized spacial score (nSPS) is 10.5. The second kappa shape index (κ2) is 14.8. The molecule has 0 saturated heterocycles. The Hall–Kier alpha value is -2.15. The van der Waals surface area contributed by atoms with Gasteiger partial charge >= 0.3 is 17.9 Å². The maximum Gasteiger partial charge on any atom is 0.348 e. The summed E-state index contributed by atoms with van der Waals surface area (Å²) in [5.41, 5.74) is 0.444. The van der Waals surface area contributed by atoms with Crippen LogP contribution in [0.15, 0.2) is 24.3 Å². The lowest BCUT2D eigenvalue weighted by Gasteiger charge is -2.05. The molecule has 0 atom stereocenters. The number of carboxylic acid groups (broad SMARTS) is 1. The molecular weight excluding hydrogens is 392 g/mol. The van der Waals surface area contributed by atoms with Gasteiger partial charge in [-0.25, -0.2) is 14.4 Å². The molecule has 162 valence electrons. The number of carbonyl (C=O) groups is 3. The molecule has 0 saturated carbocycles. The molecular formula is C22H32O6S. The first kappa shape index (κ1) is 24.9. The molecule has 1 aromatic heterocycles. The van der Waals surface area contributed by atoms with Gasteiger partial charge in [0.05, 0.1) is 13.2 Å². The van der Waals surface area contributed by atoms with E-state index in [1.807, 2.05) is 0 Å². The van der Waals surface area contributed by atoms with Gasteiger partial charge in [-0.3, -0.25) is 0 Å². The molecule has 0 bridgehead atoms. The zero-order valence-electron chi connectivity index (χ0n) is 17.2. The largest absolute Gasteiger partial charge is 0.477 e. The van der Waals surface area contributed by atoms with Crippen LogP contribution in [0.25, 0.3) is 0 Å². The minimum absolute atomic E-state index is 0.142. The summed E-state index contributed by atoms with van der Waals surface area (Å²) in [6.07, 6.45) is 10.9. The standard InChI is InChI=1S/C22H32O6S/c1-17(2)21(25)27-15-11-9-7-5-3-4-6-8-10-12-16-28-22(26)19-14-13-18(29-19)20(23)24/h13-14H,1,3-12,15-16H2,2H3,(H,23,24). The first-order valence-electron chi connectivity index (χ1n) is 10.2. The number of thiophene rings is 1. The molecule has 0 aliphatic rings. The zero-order chi connectivity index (χ0) is 21.5. The molecule has 0 aliphatic heterocycles. The highest BCUT2D eigenvalue weighted by molar-refractivity contribution is 7.15. The molecule has 1 heterocycles. The lowest BCUT2D eigenvalue weighted by Crippen LogP contribution is -2.05. The summed E-state index contributed by atoms with van der Waals surface area (Å²) < 4.78 is 10.2. The minimum atomic E-state index is -1.03. The van der Waals surface area contributed by atoms with Gasteiger partial charge in [0.15, 0.2) is 0 Å². The molecule has 0 radical (unpaired) electrons. The number of unbranched alkanes of at least 4 members (excludes halogenated alkanes) is 9. The van der Waals surface area contributed by atoms with E-state index in [4.69, 9.17) is 14.6 Å². The first-order valence-corrected chi connectivity index (χ1v) is 11.1. The van der Waals surface area contributed by atoms with Crippen molar-refractivity contribution in [1.82, 2.24) is 0 Å². The van der Waals surface area contributed by atoms with Gasteiger partial charge in [-0.05, 0) is 31.9 Å². The van der Waals surface area contributed by atoms with E-state index in [1.165, 1.54) is 37.8 Å². The SMILES string of the molecule is C=C(C)C(=O)OCCCCCCCCCCCCOC(=O)c1ccc(C(=O)O)s1. The third-order valence-electron chi connectivity index (χ3n) is 4.37. The molecule has 1 N–H and O–H groups in total. The lowest BCUT2D eigenvalue weighted by molar-refractivity contribution is -0.139. The minimum Gasteiger partial charge on any atom is -0.477 e. The molecule has 0 amide bonds. The number of hydrogen-bond donors (Lipinski definition) is 1. The van der Waals surface area contributed by atoms with Crippen LogP contribution in [-0.4, -0.2) is 36.2 Å². The average Bonchev–Trinajstić information content (AvgIpc) is 3.18. The molecule has 1 aromatic rings. The molecule has 7 heteroatoms. The van der Waals surface area contributed by atoms with Crippen molar-refractivity contribution in [2.75, 3.05) is 13.2 Å². The number of rotatable bonds is 16. The van der Waals surface area contributed by atoms with Crippen LogP contribution in [0.4, 0.5) is 0 Å². The highest BCUT2D eigenvalue weighted by Crippen LogP contribution is 2.17. The van der Waals surface area contributed by atoms with Gasteiger partial charge in [0.2, 0.25) is 0 Å². The van der Waals surface area contributed by atoms with E-state index >= 15 is 0 Å². The van der Waals surface area contributed by atoms with E-state index in [1.54, 1.807) is 6.92 Å². The molecule has 0 fully saturated rings. The van der Waals surface area contributed by atoms with E-state index in [2.05, 4.69) is 6.58 Å². The Morgan fingerprint density at radius 3 is 1.72 bits per heavy atom. The number of esters is 2. The van der Waals surface area contributed by atoms with Crippen LogP contribution < -0.4 is 0 Å². The Labute approximate surface area is 176 Å². The van der Waals surface area contributed by atoms with Crippen molar-refractivity contribution in [2.24, 2.45) is 0 Å². The Morgan fingerprint density at radius 1 is 0.828 bits per heavy atom. The van der Waals surface area contributed by atoms with Gasteiger partial charge in [0.1, 0.15) is 9.75 Å². The quantitative estimate of drug-likeness (QED) is 0.210. The number of hydrogen-bond acceptors (Lipinski definition) is 6. The van der Waals surface area contributed by atoms with Crippen LogP contribution in [0.1, 0.15) is 90.5 Å². The van der Waals surface area contributed by atoms with Crippen LogP contribution in [0.3, 0.4) is 0 Å². The Balaban J connectivity index is 1.87. The van der Waals surface area contributed by atoms with Gasteiger partial charge < -0.3 is 14.6 Å². The van der Waals surface area contributed by atoms with E-state index < -0.39 is 11.9 Å². The van der Waals surface area contributed by atoms with Crippen molar-refractivity contribution in [3.63, 3.8) is 0 Å². The third kappa shape index (κ3) is 11.4. The van der Waals surface area contributed by atoms with Crippen molar-refractivity contribution in [3.8, 4) is 0 Å². The fourth-order valence-electron chi connectivity index (χ4n) is 2.70. The molecule has 29 heavy (non-hydrogen) atoms. The van der Waals surface area contributed by atoms with Crippen molar-refractivity contribution >= 4 is 29.2 Å². The first-order chi connectivity index (χ1) is 13.9. The highest BCUT2D eigenvalue weighted by Gasteiger charge is 2.13.